The van der Waals surface area contributed by atoms with Crippen molar-refractivity contribution in [3.8, 4) is 0 Å². The molecule has 2 unspecified atom stereocenters. The first-order chi connectivity index (χ1) is 6.91. The number of esters is 1. The van der Waals surface area contributed by atoms with Crippen LogP contribution >= 0.6 is 0 Å². The van der Waals surface area contributed by atoms with E-state index in [0.29, 0.717) is 11.3 Å². The van der Waals surface area contributed by atoms with E-state index in [-0.39, 0.29) is 17.5 Å². The van der Waals surface area contributed by atoms with Crippen molar-refractivity contribution < 1.29 is 9.53 Å². The lowest BCUT2D eigenvalue weighted by Crippen LogP contribution is -2.38. The Balaban J connectivity index is 2.19. The van der Waals surface area contributed by atoms with Gasteiger partial charge in [-0.05, 0) is 30.6 Å². The second kappa shape index (κ2) is 3.10. The Morgan fingerprint density at radius 3 is 2.53 bits per heavy atom. The van der Waals surface area contributed by atoms with Crippen molar-refractivity contribution in [2.75, 3.05) is 0 Å². The van der Waals surface area contributed by atoms with Crippen LogP contribution in [0.2, 0.25) is 0 Å². The highest BCUT2D eigenvalue weighted by atomic mass is 16.5. The third kappa shape index (κ3) is 1.27. The van der Waals surface area contributed by atoms with E-state index in [1.807, 2.05) is 0 Å². The summed E-state index contributed by atoms with van der Waals surface area (Å²) in [5.41, 5.74) is 0.468. The summed E-state index contributed by atoms with van der Waals surface area (Å²) >= 11 is 0. The summed E-state index contributed by atoms with van der Waals surface area (Å²) in [4.78, 5) is 11.3. The lowest BCUT2D eigenvalue weighted by Gasteiger charge is -2.38. The average Bonchev–Trinajstić information content (AvgIpc) is 2.50. The third-order valence-corrected chi connectivity index (χ3v) is 5.14. The monoisotopic (exact) mass is 208 g/mol. The zero-order valence-electron chi connectivity index (χ0n) is 9.88. The van der Waals surface area contributed by atoms with E-state index in [1.165, 1.54) is 18.9 Å². The van der Waals surface area contributed by atoms with E-state index < -0.39 is 0 Å². The number of hydrogen-bond donors (Lipinski definition) is 0. The zero-order chi connectivity index (χ0) is 11.3. The minimum atomic E-state index is -0.274. The first-order valence-corrected chi connectivity index (χ1v) is 5.75. The Hall–Kier alpha value is -0.790. The van der Waals surface area contributed by atoms with Gasteiger partial charge in [0.2, 0.25) is 0 Å². The summed E-state index contributed by atoms with van der Waals surface area (Å²) in [6, 6.07) is 0. The smallest absolute Gasteiger partial charge is 0.330 e. The fourth-order valence-corrected chi connectivity index (χ4v) is 3.50. The van der Waals surface area contributed by atoms with Crippen LogP contribution < -0.4 is 0 Å². The van der Waals surface area contributed by atoms with Gasteiger partial charge < -0.3 is 4.74 Å². The molecule has 2 saturated carbocycles. The first-order valence-electron chi connectivity index (χ1n) is 5.75. The van der Waals surface area contributed by atoms with Crippen molar-refractivity contribution in [3.63, 3.8) is 0 Å². The van der Waals surface area contributed by atoms with Crippen LogP contribution in [-0.4, -0.2) is 12.1 Å². The SMILES string of the molecule is C=CC(=O)OC1CC2CC[C@]1(C)C2(C)C. The van der Waals surface area contributed by atoms with E-state index in [1.54, 1.807) is 0 Å². The van der Waals surface area contributed by atoms with Crippen LogP contribution in [0, 0.1) is 16.7 Å². The maximum absolute atomic E-state index is 11.3. The molecule has 0 aromatic rings. The van der Waals surface area contributed by atoms with Crippen LogP contribution in [0.5, 0.6) is 0 Å². The van der Waals surface area contributed by atoms with Crippen molar-refractivity contribution in [3.05, 3.63) is 12.7 Å². The molecule has 0 aliphatic heterocycles. The molecule has 0 spiro atoms. The van der Waals surface area contributed by atoms with E-state index in [0.717, 1.165) is 6.42 Å². The van der Waals surface area contributed by atoms with Crippen molar-refractivity contribution in [2.24, 2.45) is 16.7 Å². The molecular formula is C13H20O2. The number of ether oxygens (including phenoxy) is 1. The molecule has 2 nitrogen and oxygen atoms in total. The van der Waals surface area contributed by atoms with Gasteiger partial charge in [-0.1, -0.05) is 27.4 Å². The van der Waals surface area contributed by atoms with Crippen LogP contribution in [0.25, 0.3) is 0 Å². The summed E-state index contributed by atoms with van der Waals surface area (Å²) in [6.07, 6.45) is 4.85. The second-order valence-electron chi connectivity index (χ2n) is 5.74. The predicted octanol–water partition coefficient (Wildman–Crippen LogP) is 2.93. The maximum Gasteiger partial charge on any atom is 0.330 e. The Bertz CT molecular complexity index is 306. The Labute approximate surface area is 91.7 Å². The summed E-state index contributed by atoms with van der Waals surface area (Å²) in [6.45, 7) is 10.3. The molecule has 2 bridgehead atoms. The number of hydrogen-bond acceptors (Lipinski definition) is 2. The summed E-state index contributed by atoms with van der Waals surface area (Å²) in [5.74, 6) is 0.440. The standard InChI is InChI=1S/C13H20O2/c1-5-11(14)15-10-8-9-6-7-13(10,4)12(9,2)3/h5,9-10H,1,6-8H2,2-4H3/t9?,10?,13-/m0/s1. The van der Waals surface area contributed by atoms with E-state index in [2.05, 4.69) is 27.4 Å². The molecule has 84 valence electrons. The van der Waals surface area contributed by atoms with Crippen LogP contribution in [0.1, 0.15) is 40.0 Å². The van der Waals surface area contributed by atoms with Crippen molar-refractivity contribution in [2.45, 2.75) is 46.1 Å². The molecule has 0 amide bonds. The van der Waals surface area contributed by atoms with Crippen LogP contribution in [0.4, 0.5) is 0 Å². The largest absolute Gasteiger partial charge is 0.459 e. The van der Waals surface area contributed by atoms with Gasteiger partial charge in [0.15, 0.2) is 0 Å². The molecule has 0 saturated heterocycles. The highest BCUT2D eigenvalue weighted by molar-refractivity contribution is 5.81. The molecule has 2 aliphatic carbocycles. The van der Waals surface area contributed by atoms with Gasteiger partial charge in [0.05, 0.1) is 0 Å². The molecule has 0 aromatic heterocycles. The minimum Gasteiger partial charge on any atom is -0.459 e. The quantitative estimate of drug-likeness (QED) is 0.515. The van der Waals surface area contributed by atoms with E-state index in [4.69, 9.17) is 4.74 Å². The first kappa shape index (κ1) is 10.7. The molecule has 2 rings (SSSR count). The predicted molar refractivity (Wildman–Crippen MR) is 59.3 cm³/mol. The molecule has 2 fully saturated rings. The Morgan fingerprint density at radius 2 is 2.13 bits per heavy atom. The molecule has 0 heterocycles. The van der Waals surface area contributed by atoms with Gasteiger partial charge in [0.1, 0.15) is 6.10 Å². The van der Waals surface area contributed by atoms with Gasteiger partial charge in [0.25, 0.3) is 0 Å². The maximum atomic E-state index is 11.3. The number of carbonyl (C=O) groups excluding carboxylic acids is 1. The third-order valence-electron chi connectivity index (χ3n) is 5.14. The molecule has 3 atom stereocenters. The molecule has 0 radical (unpaired) electrons. The Kier molecular flexibility index (Phi) is 2.21. The molecule has 2 aliphatic rings. The van der Waals surface area contributed by atoms with Crippen molar-refractivity contribution in [1.29, 1.82) is 0 Å². The topological polar surface area (TPSA) is 26.3 Å². The lowest BCUT2D eigenvalue weighted by molar-refractivity contribution is -0.150. The highest BCUT2D eigenvalue weighted by Gasteiger charge is 2.62. The van der Waals surface area contributed by atoms with Gasteiger partial charge in [-0.2, -0.15) is 0 Å². The fraction of sp³-hybridized carbons (Fsp3) is 0.769. The van der Waals surface area contributed by atoms with E-state index in [9.17, 15) is 4.79 Å². The molecular weight excluding hydrogens is 188 g/mol. The fourth-order valence-electron chi connectivity index (χ4n) is 3.50. The Morgan fingerprint density at radius 1 is 1.47 bits per heavy atom. The highest BCUT2D eigenvalue weighted by Crippen LogP contribution is 2.66. The van der Waals surface area contributed by atoms with Crippen LogP contribution in [-0.2, 0) is 9.53 Å². The summed E-state index contributed by atoms with van der Waals surface area (Å²) in [7, 11) is 0. The normalized spacial score (nSPS) is 41.5. The van der Waals surface area contributed by atoms with Gasteiger partial charge in [-0.3, -0.25) is 0 Å². The molecule has 2 heteroatoms. The van der Waals surface area contributed by atoms with Gasteiger partial charge in [-0.25, -0.2) is 4.79 Å². The van der Waals surface area contributed by atoms with Gasteiger partial charge in [-0.15, -0.1) is 0 Å². The van der Waals surface area contributed by atoms with Crippen LogP contribution in [0.3, 0.4) is 0 Å². The van der Waals surface area contributed by atoms with Crippen molar-refractivity contribution in [1.82, 2.24) is 0 Å². The van der Waals surface area contributed by atoms with Gasteiger partial charge in [0, 0.05) is 11.5 Å². The zero-order valence-corrected chi connectivity index (χ0v) is 9.88. The lowest BCUT2D eigenvalue weighted by atomic mass is 9.70. The average molecular weight is 208 g/mol. The summed E-state index contributed by atoms with van der Waals surface area (Å²) in [5, 5.41) is 0. The number of rotatable bonds is 2. The second-order valence-corrected chi connectivity index (χ2v) is 5.74. The van der Waals surface area contributed by atoms with Crippen LogP contribution in [0.15, 0.2) is 12.7 Å². The number of fused-ring (bicyclic) bond motifs is 2. The van der Waals surface area contributed by atoms with Crippen molar-refractivity contribution >= 4 is 5.97 Å². The summed E-state index contributed by atoms with van der Waals surface area (Å²) < 4.78 is 5.48. The number of carbonyl (C=O) groups is 1. The molecule has 15 heavy (non-hydrogen) atoms. The van der Waals surface area contributed by atoms with E-state index >= 15 is 0 Å². The van der Waals surface area contributed by atoms with Gasteiger partial charge >= 0.3 is 5.97 Å². The minimum absolute atomic E-state index is 0.0942. The molecule has 0 N–H and O–H groups in total. The molecule has 0 aromatic carbocycles.